The van der Waals surface area contributed by atoms with E-state index >= 15 is 0 Å². The van der Waals surface area contributed by atoms with Crippen LogP contribution in [0.3, 0.4) is 0 Å². The molecule has 2 rings (SSSR count). The summed E-state index contributed by atoms with van der Waals surface area (Å²) in [5, 5.41) is 10.9. The zero-order valence-corrected chi connectivity index (χ0v) is 13.1. The van der Waals surface area contributed by atoms with E-state index in [1.54, 1.807) is 7.05 Å². The predicted molar refractivity (Wildman–Crippen MR) is 75.2 cm³/mol. The zero-order valence-electron chi connectivity index (χ0n) is 11.5. The van der Waals surface area contributed by atoms with E-state index in [2.05, 4.69) is 31.6 Å². The maximum Gasteiger partial charge on any atom is 0.194 e. The van der Waals surface area contributed by atoms with Gasteiger partial charge in [0.25, 0.3) is 0 Å². The lowest BCUT2D eigenvalue weighted by molar-refractivity contribution is 0.441. The fraction of sp³-hybridized carbons (Fsp3) is 0.385. The van der Waals surface area contributed by atoms with Crippen LogP contribution in [-0.4, -0.2) is 21.5 Å². The lowest BCUT2D eigenvalue weighted by Crippen LogP contribution is -2.26. The molecule has 1 aromatic carbocycles. The molecule has 0 saturated heterocycles. The first-order valence-corrected chi connectivity index (χ1v) is 7.17. The average Bonchev–Trinajstić information content (AvgIpc) is 2.77. The van der Waals surface area contributed by atoms with Crippen LogP contribution in [0.2, 0.25) is 0 Å². The summed E-state index contributed by atoms with van der Waals surface area (Å²) in [6, 6.07) is 1.40. The van der Waals surface area contributed by atoms with Crippen molar-refractivity contribution in [3.63, 3.8) is 0 Å². The normalized spacial score (nSPS) is 12.7. The highest BCUT2D eigenvalue weighted by atomic mass is 79.9. The Labute approximate surface area is 128 Å². The van der Waals surface area contributed by atoms with E-state index in [1.165, 1.54) is 4.68 Å². The fourth-order valence-corrected chi connectivity index (χ4v) is 2.60. The van der Waals surface area contributed by atoms with Gasteiger partial charge in [-0.1, -0.05) is 12.1 Å². The van der Waals surface area contributed by atoms with Crippen LogP contribution in [0.5, 0.6) is 0 Å². The van der Waals surface area contributed by atoms with Gasteiger partial charge in [0.15, 0.2) is 22.1 Å². The third-order valence-corrected chi connectivity index (χ3v) is 3.60. The van der Waals surface area contributed by atoms with Gasteiger partial charge < -0.3 is 5.32 Å². The van der Waals surface area contributed by atoms with Gasteiger partial charge in [0.2, 0.25) is 0 Å². The topological polar surface area (TPSA) is 42.7 Å². The minimum Gasteiger partial charge on any atom is -0.305 e. The van der Waals surface area contributed by atoms with Gasteiger partial charge in [0.1, 0.15) is 0 Å². The summed E-state index contributed by atoms with van der Waals surface area (Å²) in [4.78, 5) is 0. The monoisotopic (exact) mass is 362 g/mol. The first kappa shape index (κ1) is 16.0. The van der Waals surface area contributed by atoms with Crippen molar-refractivity contribution < 1.29 is 13.2 Å². The lowest BCUT2D eigenvalue weighted by Gasteiger charge is -2.19. The Morgan fingerprint density at radius 1 is 1.29 bits per heavy atom. The Balaban J connectivity index is 2.51. The standard InChI is InChI=1S/C13H14BrF3N4/c1-3-4-18-11(12-13(14)19-20-21(12)2)7-5-8(15)10(17)9(16)6-7/h5-6,11,18H,3-4H2,1-2H3. The third kappa shape index (κ3) is 3.26. The maximum absolute atomic E-state index is 13.5. The fourth-order valence-electron chi connectivity index (χ4n) is 2.05. The molecule has 114 valence electrons. The molecular weight excluding hydrogens is 349 g/mol. The van der Waals surface area contributed by atoms with Crippen LogP contribution in [0.25, 0.3) is 0 Å². The number of aromatic nitrogens is 3. The molecule has 2 aromatic rings. The van der Waals surface area contributed by atoms with Gasteiger partial charge in [0.05, 0.1) is 11.7 Å². The summed E-state index contributed by atoms with van der Waals surface area (Å²) in [6.45, 7) is 2.58. The third-order valence-electron chi connectivity index (χ3n) is 3.04. The summed E-state index contributed by atoms with van der Waals surface area (Å²) in [5.41, 5.74) is 0.875. The molecule has 21 heavy (non-hydrogen) atoms. The Morgan fingerprint density at radius 3 is 2.38 bits per heavy atom. The Kier molecular flexibility index (Phi) is 5.00. The van der Waals surface area contributed by atoms with E-state index in [0.717, 1.165) is 18.6 Å². The minimum atomic E-state index is -1.48. The molecule has 1 N–H and O–H groups in total. The van der Waals surface area contributed by atoms with Gasteiger partial charge in [-0.3, -0.25) is 0 Å². The van der Waals surface area contributed by atoms with Gasteiger partial charge in [-0.15, -0.1) is 5.10 Å². The molecule has 1 heterocycles. The number of benzene rings is 1. The zero-order chi connectivity index (χ0) is 15.6. The highest BCUT2D eigenvalue weighted by molar-refractivity contribution is 9.10. The van der Waals surface area contributed by atoms with Crippen molar-refractivity contribution in [1.82, 2.24) is 20.3 Å². The van der Waals surface area contributed by atoms with E-state index < -0.39 is 23.5 Å². The number of rotatable bonds is 5. The molecule has 0 saturated carbocycles. The Morgan fingerprint density at radius 2 is 1.90 bits per heavy atom. The van der Waals surface area contributed by atoms with Crippen molar-refractivity contribution in [2.75, 3.05) is 6.54 Å². The summed E-state index contributed by atoms with van der Waals surface area (Å²) in [5.74, 6) is -3.92. The molecule has 0 aliphatic carbocycles. The van der Waals surface area contributed by atoms with Crippen molar-refractivity contribution >= 4 is 15.9 Å². The van der Waals surface area contributed by atoms with Gasteiger partial charge in [-0.05, 0) is 46.6 Å². The number of hydrogen-bond donors (Lipinski definition) is 1. The molecule has 1 aromatic heterocycles. The van der Waals surface area contributed by atoms with Crippen LogP contribution in [0.15, 0.2) is 16.7 Å². The Hall–Kier alpha value is -1.41. The first-order valence-electron chi connectivity index (χ1n) is 6.38. The van der Waals surface area contributed by atoms with Crippen LogP contribution in [0, 0.1) is 17.5 Å². The van der Waals surface area contributed by atoms with Crippen LogP contribution >= 0.6 is 15.9 Å². The highest BCUT2D eigenvalue weighted by Gasteiger charge is 2.24. The van der Waals surface area contributed by atoms with Crippen molar-refractivity contribution in [2.45, 2.75) is 19.4 Å². The van der Waals surface area contributed by atoms with Gasteiger partial charge in [-0.2, -0.15) is 0 Å². The van der Waals surface area contributed by atoms with E-state index in [9.17, 15) is 13.2 Å². The SMILES string of the molecule is CCCNC(c1cc(F)c(F)c(F)c1)c1c(Br)nnn1C. The molecule has 4 nitrogen and oxygen atoms in total. The minimum absolute atomic E-state index is 0.269. The summed E-state index contributed by atoms with van der Waals surface area (Å²) >= 11 is 3.26. The first-order chi connectivity index (χ1) is 9.95. The second-order valence-electron chi connectivity index (χ2n) is 4.57. The second kappa shape index (κ2) is 6.57. The van der Waals surface area contributed by atoms with Crippen molar-refractivity contribution in [3.8, 4) is 0 Å². The van der Waals surface area contributed by atoms with Gasteiger partial charge >= 0.3 is 0 Å². The molecule has 8 heteroatoms. The van der Waals surface area contributed by atoms with Crippen molar-refractivity contribution in [2.24, 2.45) is 7.05 Å². The van der Waals surface area contributed by atoms with Gasteiger partial charge in [0, 0.05) is 7.05 Å². The molecule has 0 aliphatic heterocycles. The number of halogens is 4. The molecule has 1 atom stereocenters. The predicted octanol–water partition coefficient (Wildman–Crippen LogP) is 3.08. The largest absolute Gasteiger partial charge is 0.305 e. The van der Waals surface area contributed by atoms with E-state index in [1.807, 2.05) is 6.92 Å². The lowest BCUT2D eigenvalue weighted by atomic mass is 10.0. The molecular formula is C13H14BrF3N4. The van der Waals surface area contributed by atoms with Crippen LogP contribution in [-0.2, 0) is 7.05 Å². The molecule has 0 radical (unpaired) electrons. The van der Waals surface area contributed by atoms with Crippen LogP contribution in [0.4, 0.5) is 13.2 Å². The smallest absolute Gasteiger partial charge is 0.194 e. The second-order valence-corrected chi connectivity index (χ2v) is 5.33. The number of hydrogen-bond acceptors (Lipinski definition) is 3. The van der Waals surface area contributed by atoms with E-state index in [4.69, 9.17) is 0 Å². The molecule has 0 spiro atoms. The number of nitrogens with one attached hydrogen (secondary N) is 1. The van der Waals surface area contributed by atoms with E-state index in [-0.39, 0.29) is 5.56 Å². The van der Waals surface area contributed by atoms with Crippen LogP contribution in [0.1, 0.15) is 30.6 Å². The average molecular weight is 363 g/mol. The van der Waals surface area contributed by atoms with Crippen molar-refractivity contribution in [3.05, 3.63) is 45.4 Å². The Bertz CT molecular complexity index is 602. The summed E-state index contributed by atoms with van der Waals surface area (Å²) < 4.78 is 42.0. The molecule has 0 amide bonds. The molecule has 1 unspecified atom stereocenters. The quantitative estimate of drug-likeness (QED) is 0.831. The molecule has 0 aliphatic rings. The van der Waals surface area contributed by atoms with Crippen LogP contribution < -0.4 is 5.32 Å². The number of aryl methyl sites for hydroxylation is 1. The van der Waals surface area contributed by atoms with Gasteiger partial charge in [-0.25, -0.2) is 17.9 Å². The maximum atomic E-state index is 13.5. The molecule has 0 fully saturated rings. The summed E-state index contributed by atoms with van der Waals surface area (Å²) in [7, 11) is 1.67. The summed E-state index contributed by atoms with van der Waals surface area (Å²) in [6.07, 6.45) is 0.825. The van der Waals surface area contributed by atoms with E-state index in [0.29, 0.717) is 16.8 Å². The van der Waals surface area contributed by atoms with Crippen molar-refractivity contribution in [1.29, 1.82) is 0 Å². The molecule has 0 bridgehead atoms. The highest BCUT2D eigenvalue weighted by Crippen LogP contribution is 2.28. The number of nitrogens with zero attached hydrogens (tertiary/aromatic N) is 3.